The fourth-order valence-corrected chi connectivity index (χ4v) is 2.78. The van der Waals surface area contributed by atoms with Crippen LogP contribution in [0.15, 0.2) is 24.3 Å². The van der Waals surface area contributed by atoms with E-state index in [-0.39, 0.29) is 11.3 Å². The Hall–Kier alpha value is -2.28. The lowest BCUT2D eigenvalue weighted by atomic mass is 9.91. The maximum atomic E-state index is 12.4. The SMILES string of the molecule is CC(C)(C)c1nnsc1C(=O)Nc1nc2ccccc2[nH]1. The molecule has 0 saturated heterocycles. The minimum atomic E-state index is -0.242. The van der Waals surface area contributed by atoms with E-state index in [9.17, 15) is 4.79 Å². The van der Waals surface area contributed by atoms with Gasteiger partial charge < -0.3 is 4.98 Å². The van der Waals surface area contributed by atoms with Gasteiger partial charge in [-0.25, -0.2) is 4.98 Å². The van der Waals surface area contributed by atoms with Gasteiger partial charge in [0, 0.05) is 5.41 Å². The monoisotopic (exact) mass is 301 g/mol. The van der Waals surface area contributed by atoms with Crippen LogP contribution in [0, 0.1) is 0 Å². The van der Waals surface area contributed by atoms with Gasteiger partial charge in [-0.15, -0.1) is 5.10 Å². The molecule has 0 aliphatic heterocycles. The fraction of sp³-hybridized carbons (Fsp3) is 0.286. The van der Waals surface area contributed by atoms with E-state index in [0.29, 0.717) is 16.5 Å². The molecule has 0 unspecified atom stereocenters. The van der Waals surface area contributed by atoms with Crippen molar-refractivity contribution in [3.05, 3.63) is 34.8 Å². The zero-order valence-electron chi connectivity index (χ0n) is 12.0. The smallest absolute Gasteiger partial charge is 0.271 e. The molecule has 108 valence electrons. The standard InChI is InChI=1S/C14H15N5OS/c1-14(2,3)11-10(21-19-18-11)12(20)17-13-15-8-6-4-5-7-9(8)16-13/h4-7H,1-3H3,(H2,15,16,17,20). The first-order chi connectivity index (χ1) is 9.95. The van der Waals surface area contributed by atoms with Crippen LogP contribution in [0.25, 0.3) is 11.0 Å². The molecule has 1 amide bonds. The van der Waals surface area contributed by atoms with E-state index in [4.69, 9.17) is 0 Å². The Kier molecular flexibility index (Phi) is 3.21. The molecule has 0 atom stereocenters. The molecule has 2 heterocycles. The lowest BCUT2D eigenvalue weighted by Gasteiger charge is -2.15. The summed E-state index contributed by atoms with van der Waals surface area (Å²) in [6.45, 7) is 6.01. The van der Waals surface area contributed by atoms with Gasteiger partial charge >= 0.3 is 0 Å². The average molecular weight is 301 g/mol. The molecule has 0 aliphatic carbocycles. The molecular formula is C14H15N5OS. The Bertz CT molecular complexity index is 766. The first kappa shape index (κ1) is 13.7. The predicted octanol–water partition coefficient (Wildman–Crippen LogP) is 2.96. The van der Waals surface area contributed by atoms with Crippen molar-refractivity contribution in [2.45, 2.75) is 26.2 Å². The van der Waals surface area contributed by atoms with E-state index in [1.165, 1.54) is 0 Å². The number of para-hydroxylation sites is 2. The average Bonchev–Trinajstić information content (AvgIpc) is 3.03. The third-order valence-electron chi connectivity index (χ3n) is 3.03. The number of aromatic amines is 1. The largest absolute Gasteiger partial charge is 0.324 e. The van der Waals surface area contributed by atoms with Gasteiger partial charge in [0.15, 0.2) is 0 Å². The van der Waals surface area contributed by atoms with Crippen LogP contribution in [0.4, 0.5) is 5.95 Å². The summed E-state index contributed by atoms with van der Waals surface area (Å²) in [5.74, 6) is 0.184. The van der Waals surface area contributed by atoms with Gasteiger partial charge in [-0.2, -0.15) is 0 Å². The second-order valence-corrected chi connectivity index (χ2v) is 6.51. The highest BCUT2D eigenvalue weighted by molar-refractivity contribution is 7.08. The van der Waals surface area contributed by atoms with Crippen LogP contribution in [-0.2, 0) is 5.41 Å². The van der Waals surface area contributed by atoms with Crippen molar-refractivity contribution in [1.82, 2.24) is 19.6 Å². The summed E-state index contributed by atoms with van der Waals surface area (Å²) < 4.78 is 3.89. The summed E-state index contributed by atoms with van der Waals surface area (Å²) in [5, 5.41) is 6.84. The number of hydrogen-bond acceptors (Lipinski definition) is 5. The van der Waals surface area contributed by atoms with Crippen molar-refractivity contribution in [2.75, 3.05) is 5.32 Å². The Morgan fingerprint density at radius 1 is 1.29 bits per heavy atom. The highest BCUT2D eigenvalue weighted by atomic mass is 32.1. The molecule has 3 rings (SSSR count). The van der Waals surface area contributed by atoms with E-state index in [0.717, 1.165) is 22.6 Å². The van der Waals surface area contributed by atoms with Gasteiger partial charge in [-0.1, -0.05) is 37.4 Å². The Balaban J connectivity index is 1.88. The molecule has 0 spiro atoms. The molecule has 2 aromatic heterocycles. The van der Waals surface area contributed by atoms with E-state index < -0.39 is 0 Å². The highest BCUT2D eigenvalue weighted by Crippen LogP contribution is 2.26. The van der Waals surface area contributed by atoms with Crippen molar-refractivity contribution in [1.29, 1.82) is 0 Å². The van der Waals surface area contributed by atoms with Gasteiger partial charge in [0.05, 0.1) is 16.7 Å². The summed E-state index contributed by atoms with van der Waals surface area (Å²) in [4.78, 5) is 20.3. The lowest BCUT2D eigenvalue weighted by Crippen LogP contribution is -2.20. The molecule has 0 bridgehead atoms. The Morgan fingerprint density at radius 3 is 2.76 bits per heavy atom. The number of carbonyl (C=O) groups is 1. The van der Waals surface area contributed by atoms with E-state index >= 15 is 0 Å². The molecule has 2 N–H and O–H groups in total. The molecule has 7 heteroatoms. The Labute approximate surface area is 125 Å². The normalized spacial score (nSPS) is 11.8. The maximum absolute atomic E-state index is 12.4. The second-order valence-electron chi connectivity index (χ2n) is 5.76. The van der Waals surface area contributed by atoms with Gasteiger partial charge in [-0.05, 0) is 23.7 Å². The first-order valence-electron chi connectivity index (χ1n) is 6.54. The second kappa shape index (κ2) is 4.92. The number of hydrogen-bond donors (Lipinski definition) is 2. The van der Waals surface area contributed by atoms with Crippen LogP contribution in [0.3, 0.4) is 0 Å². The number of aromatic nitrogens is 4. The van der Waals surface area contributed by atoms with Gasteiger partial charge in [-0.3, -0.25) is 10.1 Å². The van der Waals surface area contributed by atoms with Crippen LogP contribution in [-0.4, -0.2) is 25.5 Å². The lowest BCUT2D eigenvalue weighted by molar-refractivity contribution is 0.102. The number of carbonyl (C=O) groups excluding carboxylic acids is 1. The minimum absolute atomic E-state index is 0.229. The summed E-state index contributed by atoms with van der Waals surface area (Å²) in [5.41, 5.74) is 2.16. The van der Waals surface area contributed by atoms with E-state index in [2.05, 4.69) is 24.9 Å². The molecular weight excluding hydrogens is 286 g/mol. The van der Waals surface area contributed by atoms with E-state index in [1.54, 1.807) is 0 Å². The molecule has 0 aliphatic rings. The van der Waals surface area contributed by atoms with Crippen molar-refractivity contribution in [2.24, 2.45) is 0 Å². The third-order valence-corrected chi connectivity index (χ3v) is 3.75. The molecule has 0 radical (unpaired) electrons. The zero-order valence-corrected chi connectivity index (χ0v) is 12.8. The first-order valence-corrected chi connectivity index (χ1v) is 7.31. The number of nitrogens with zero attached hydrogens (tertiary/aromatic N) is 3. The van der Waals surface area contributed by atoms with Crippen LogP contribution in [0.1, 0.15) is 36.1 Å². The highest BCUT2D eigenvalue weighted by Gasteiger charge is 2.26. The van der Waals surface area contributed by atoms with Crippen LogP contribution in [0.5, 0.6) is 0 Å². The summed E-state index contributed by atoms with van der Waals surface area (Å²) in [6, 6.07) is 7.61. The number of rotatable bonds is 2. The minimum Gasteiger partial charge on any atom is -0.324 e. The number of amides is 1. The molecule has 0 fully saturated rings. The van der Waals surface area contributed by atoms with Gasteiger partial charge in [0.1, 0.15) is 4.88 Å². The van der Waals surface area contributed by atoms with Crippen molar-refractivity contribution in [3.63, 3.8) is 0 Å². The summed E-state index contributed by atoms with van der Waals surface area (Å²) in [6.07, 6.45) is 0. The summed E-state index contributed by atoms with van der Waals surface area (Å²) >= 11 is 1.10. The number of fused-ring (bicyclic) bond motifs is 1. The molecule has 1 aromatic carbocycles. The molecule has 21 heavy (non-hydrogen) atoms. The van der Waals surface area contributed by atoms with E-state index in [1.807, 2.05) is 45.0 Å². The van der Waals surface area contributed by atoms with Crippen molar-refractivity contribution in [3.8, 4) is 0 Å². The van der Waals surface area contributed by atoms with Gasteiger partial charge in [0.2, 0.25) is 5.95 Å². The number of nitrogens with one attached hydrogen (secondary N) is 2. The number of anilines is 1. The third kappa shape index (κ3) is 2.64. The van der Waals surface area contributed by atoms with Gasteiger partial charge in [0.25, 0.3) is 5.91 Å². The topological polar surface area (TPSA) is 83.6 Å². The number of imidazole rings is 1. The summed E-state index contributed by atoms with van der Waals surface area (Å²) in [7, 11) is 0. The molecule has 3 aromatic rings. The zero-order chi connectivity index (χ0) is 15.0. The quantitative estimate of drug-likeness (QED) is 0.762. The van der Waals surface area contributed by atoms with Crippen LogP contribution in [0.2, 0.25) is 0 Å². The van der Waals surface area contributed by atoms with Crippen molar-refractivity contribution >= 4 is 34.4 Å². The van der Waals surface area contributed by atoms with Crippen LogP contribution < -0.4 is 5.32 Å². The fourth-order valence-electron chi connectivity index (χ4n) is 2.01. The van der Waals surface area contributed by atoms with Crippen molar-refractivity contribution < 1.29 is 4.79 Å². The molecule has 6 nitrogen and oxygen atoms in total. The van der Waals surface area contributed by atoms with Crippen LogP contribution >= 0.6 is 11.5 Å². The maximum Gasteiger partial charge on any atom is 0.271 e. The number of benzene rings is 1. The molecule has 0 saturated carbocycles. The Morgan fingerprint density at radius 2 is 2.05 bits per heavy atom. The number of H-pyrrole nitrogens is 1. The predicted molar refractivity (Wildman–Crippen MR) is 82.7 cm³/mol.